The van der Waals surface area contributed by atoms with Crippen LogP contribution in [0.1, 0.15) is 5.56 Å². The third-order valence-electron chi connectivity index (χ3n) is 18.8. The molecule has 582 valence electrons. The number of fused-ring (bicyclic) bond motifs is 11. The zero-order chi connectivity index (χ0) is 80.6. The van der Waals surface area contributed by atoms with Crippen LogP contribution in [-0.2, 0) is 0 Å². The highest BCUT2D eigenvalue weighted by atomic mass is 79.9. The van der Waals surface area contributed by atoms with Crippen molar-refractivity contribution in [3.8, 4) is 0 Å². The molecule has 0 atom stereocenters. The normalized spacial score (nSPS) is 11.3. The molecule has 16 aromatic heterocycles. The molecule has 0 aliphatic rings. The molecule has 7 aromatic carbocycles. The van der Waals surface area contributed by atoms with Crippen molar-refractivity contribution in [2.75, 3.05) is 42.5 Å². The number of para-hydroxylation sites is 2. The van der Waals surface area contributed by atoms with E-state index in [2.05, 4.69) is 150 Å². The maximum atomic E-state index is 11.0. The summed E-state index contributed by atoms with van der Waals surface area (Å²) >= 11 is 11.4. The Kier molecular flexibility index (Phi) is 19.7. The Balaban J connectivity index is 0.000000102. The molecule has 0 aliphatic heterocycles. The summed E-state index contributed by atoms with van der Waals surface area (Å²) < 4.78 is 6.04. The van der Waals surface area contributed by atoms with Gasteiger partial charge in [-0.05, 0) is 180 Å². The highest BCUT2D eigenvalue weighted by Gasteiger charge is 2.19. The Bertz CT molecular complexity index is 7580. The maximum absolute atomic E-state index is 11.0. The Morgan fingerprint density at radius 2 is 0.775 bits per heavy atom. The van der Waals surface area contributed by atoms with Crippen LogP contribution < -0.4 is 42.5 Å². The number of nitro groups is 1. The lowest BCUT2D eigenvalue weighted by molar-refractivity contribution is -0.385. The third-order valence-corrected chi connectivity index (χ3v) is 23.9. The minimum atomic E-state index is -0.459. The van der Waals surface area contributed by atoms with E-state index in [-0.39, 0.29) is 5.69 Å². The van der Waals surface area contributed by atoms with E-state index in [0.29, 0.717) is 46.8 Å². The average Bonchev–Trinajstić information content (AvgIpc) is 1.50. The molecule has 16 heterocycles. The van der Waals surface area contributed by atoms with Crippen LogP contribution in [0.25, 0.3) is 117 Å². The number of aromatic nitrogens is 20. The van der Waals surface area contributed by atoms with Crippen LogP contribution in [-0.4, -0.2) is 106 Å². The van der Waals surface area contributed by atoms with Gasteiger partial charge in [-0.1, -0.05) is 63.7 Å². The van der Waals surface area contributed by atoms with Crippen molar-refractivity contribution in [3.05, 3.63) is 267 Å². The molecule has 0 amide bonds. The van der Waals surface area contributed by atoms with E-state index in [9.17, 15) is 10.1 Å². The molecule has 0 aliphatic carbocycles. The van der Waals surface area contributed by atoms with Crippen LogP contribution in [0.15, 0.2) is 251 Å². The Hall–Kier alpha value is -15.3. The van der Waals surface area contributed by atoms with E-state index in [1.807, 2.05) is 197 Å². The van der Waals surface area contributed by atoms with Gasteiger partial charge in [0, 0.05) is 65.1 Å². The second-order valence-electron chi connectivity index (χ2n) is 26.9. The van der Waals surface area contributed by atoms with E-state index >= 15 is 0 Å². The van der Waals surface area contributed by atoms with E-state index < -0.39 is 4.92 Å². The number of H-pyrrole nitrogens is 4. The van der Waals surface area contributed by atoms with Gasteiger partial charge in [-0.25, -0.2) is 34.9 Å². The minimum Gasteiger partial charge on any atom is -0.339 e. The first-order chi connectivity index (χ1) is 58.9. The van der Waals surface area contributed by atoms with Gasteiger partial charge in [0.15, 0.2) is 28.4 Å². The van der Waals surface area contributed by atoms with E-state index in [0.717, 1.165) is 172 Å². The van der Waals surface area contributed by atoms with Crippen LogP contribution in [0.4, 0.5) is 98.0 Å². The van der Waals surface area contributed by atoms with E-state index in [1.165, 1.54) is 17.5 Å². The molecule has 23 rings (SSSR count). The minimum absolute atomic E-state index is 0.0354. The standard InChI is InChI=1S/2C22H15N7S.C20H12BrN7S2.C19H14N8O2S/c1-2-4-16-13(3-1)5-8-19(25-16)27-22-26-18-9-10-30-20(18)21(28-22)24-15-6-7-17-14(11-15)12-23-29-17;1-2-4-17-13(3-1)9-16(12-23-17)26-22-27-19-7-8-30-20(19)21(28-22)25-15-5-6-18-14(10-15)11-24-29-18;21-11-1-3-14-16(8-11)30-20(25-14)27-19-24-15-5-6-29-17(15)18(26-19)23-12-2-4-13-10(7-12)9-22-28-13;1-10-6-16(20-9-15(10)27(28)29)24-19-23-14-4-5-30-17(14)18(25-19)22-12-2-3-13-11(7-12)8-21-26-13/h1-12H,(H,23,29)(H2,24,25,26,27,28);1-12H,(H,24,29)(H2,25,26,27,28);1-9H,(H,22,28)(H2,23,24,25,26,27);2-9H,1H3,(H,21,26)(H2,20,22,23,24,25). The number of thiophene rings is 4. The molecule has 120 heavy (non-hydrogen) atoms. The highest BCUT2D eigenvalue weighted by Crippen LogP contribution is 2.39. The van der Waals surface area contributed by atoms with Gasteiger partial charge in [0.25, 0.3) is 5.69 Å². The number of anilines is 16. The zero-order valence-corrected chi connectivity index (χ0v) is 67.7. The van der Waals surface area contributed by atoms with Gasteiger partial charge in [0.05, 0.1) is 126 Å². The fourth-order valence-corrected chi connectivity index (χ4v) is 17.6. The molecule has 0 saturated carbocycles. The first-order valence-electron chi connectivity index (χ1n) is 36.7. The number of halogens is 1. The molecule has 0 spiro atoms. The van der Waals surface area contributed by atoms with E-state index in [4.69, 9.17) is 15.0 Å². The average molecular weight is 1730 g/mol. The molecular formula is C83H56BrN29O2S5. The quantitative estimate of drug-likeness (QED) is 0.0297. The summed E-state index contributed by atoms with van der Waals surface area (Å²) in [4.78, 5) is 65.7. The lowest BCUT2D eigenvalue weighted by Crippen LogP contribution is -2.03. The van der Waals surface area contributed by atoms with E-state index in [1.54, 1.807) is 89.3 Å². The van der Waals surface area contributed by atoms with Crippen LogP contribution >= 0.6 is 72.6 Å². The predicted molar refractivity (Wildman–Crippen MR) is 487 cm³/mol. The van der Waals surface area contributed by atoms with Crippen molar-refractivity contribution in [2.45, 2.75) is 6.92 Å². The summed E-state index contributed by atoms with van der Waals surface area (Å²) in [6.07, 6.45) is 10.2. The van der Waals surface area contributed by atoms with Crippen molar-refractivity contribution < 1.29 is 4.92 Å². The van der Waals surface area contributed by atoms with Crippen molar-refractivity contribution >= 4 is 287 Å². The molecule has 0 fully saturated rings. The SMILES string of the molecule is Brc1ccc2nc(Nc3nc(Nc4ccc5[nH]ncc5c4)c4sccc4n3)sc2c1.Cc1cc(Nc2nc(Nc3ccc4[nH]ncc4c3)c3sccc3n2)ncc1[N+](=O)[O-].c1ccc2nc(Nc3nc(Nc4ccc5[nH]ncc5c4)c4sccc4n3)ccc2c1.c1ccc2ncc(Nc3nc(Nc4ccc5[nH]ncc5c4)c4sccc4n3)cc2c1. The third kappa shape index (κ3) is 15.9. The first-order valence-corrected chi connectivity index (χ1v) is 41.8. The number of benzene rings is 7. The van der Waals surface area contributed by atoms with Gasteiger partial charge in [-0.3, -0.25) is 40.8 Å². The zero-order valence-electron chi connectivity index (χ0n) is 62.0. The van der Waals surface area contributed by atoms with Crippen LogP contribution in [0.5, 0.6) is 0 Å². The topological polar surface area (TPSA) is 409 Å². The molecule has 31 nitrogen and oxygen atoms in total. The second-order valence-corrected chi connectivity index (χ2v) is 32.5. The van der Waals surface area contributed by atoms with Gasteiger partial charge in [0.2, 0.25) is 23.8 Å². The van der Waals surface area contributed by atoms with Gasteiger partial charge in [0.1, 0.15) is 17.8 Å². The smallest absolute Gasteiger partial charge is 0.290 e. The van der Waals surface area contributed by atoms with Crippen molar-refractivity contribution in [1.29, 1.82) is 0 Å². The number of nitrogens with zero attached hydrogens (tertiary/aromatic N) is 17. The maximum Gasteiger partial charge on any atom is 0.290 e. The van der Waals surface area contributed by atoms with Crippen LogP contribution in [0, 0.1) is 17.0 Å². The van der Waals surface area contributed by atoms with Gasteiger partial charge >= 0.3 is 0 Å². The van der Waals surface area contributed by atoms with Crippen molar-refractivity contribution in [2.24, 2.45) is 0 Å². The number of hydrogen-bond acceptors (Lipinski definition) is 31. The number of nitrogens with one attached hydrogen (secondary N) is 12. The molecule has 23 aromatic rings. The second kappa shape index (κ2) is 32.1. The fourth-order valence-electron chi connectivity index (χ4n) is 13.1. The summed E-state index contributed by atoms with van der Waals surface area (Å²) in [5.74, 6) is 5.91. The number of thiazole rings is 1. The van der Waals surface area contributed by atoms with Gasteiger partial charge < -0.3 is 37.2 Å². The summed E-state index contributed by atoms with van der Waals surface area (Å²) in [7, 11) is 0. The number of rotatable bonds is 17. The van der Waals surface area contributed by atoms with Crippen molar-refractivity contribution in [1.82, 2.24) is 101 Å². The lowest BCUT2D eigenvalue weighted by atomic mass is 10.2. The molecule has 12 N–H and O–H groups in total. The largest absolute Gasteiger partial charge is 0.339 e. The summed E-state index contributed by atoms with van der Waals surface area (Å²) in [5.41, 5.74) is 15.2. The molecule has 0 unspecified atom stereocenters. The summed E-state index contributed by atoms with van der Waals surface area (Å²) in [6, 6.07) is 61.5. The fraction of sp³-hybridized carbons (Fsp3) is 0.0120. The summed E-state index contributed by atoms with van der Waals surface area (Å²) in [6.45, 7) is 1.66. The molecule has 0 bridgehead atoms. The molecule has 0 radical (unpaired) electrons. The Labute approximate surface area is 703 Å². The highest BCUT2D eigenvalue weighted by molar-refractivity contribution is 9.10. The van der Waals surface area contributed by atoms with Gasteiger partial charge in [-0.2, -0.15) is 40.3 Å². The molecule has 0 saturated heterocycles. The van der Waals surface area contributed by atoms with Gasteiger partial charge in [-0.15, -0.1) is 45.3 Å². The number of hydrogen-bond donors (Lipinski definition) is 12. The summed E-state index contributed by atoms with van der Waals surface area (Å²) in [5, 5.41) is 80.6. The predicted octanol–water partition coefficient (Wildman–Crippen LogP) is 22.3. The molecular weight excluding hydrogens is 1680 g/mol. The number of pyridine rings is 3. The van der Waals surface area contributed by atoms with Crippen LogP contribution in [0.3, 0.4) is 0 Å². The Morgan fingerprint density at radius 1 is 0.342 bits per heavy atom. The lowest BCUT2D eigenvalue weighted by Gasteiger charge is -2.10. The molecule has 37 heteroatoms. The Morgan fingerprint density at radius 3 is 1.25 bits per heavy atom. The first kappa shape index (κ1) is 73.6. The monoisotopic (exact) mass is 1730 g/mol. The van der Waals surface area contributed by atoms with Crippen LogP contribution in [0.2, 0.25) is 0 Å². The van der Waals surface area contributed by atoms with Crippen molar-refractivity contribution in [3.63, 3.8) is 0 Å². The number of aromatic amines is 4. The number of aryl methyl sites for hydroxylation is 1.